The van der Waals surface area contributed by atoms with Crippen molar-refractivity contribution in [2.45, 2.75) is 13.8 Å². The van der Waals surface area contributed by atoms with Crippen LogP contribution in [0.1, 0.15) is 11.1 Å². The molecule has 5 rings (SSSR count). The fourth-order valence-corrected chi connectivity index (χ4v) is 4.43. The van der Waals surface area contributed by atoms with Crippen molar-refractivity contribution < 1.29 is 17.7 Å². The van der Waals surface area contributed by atoms with Gasteiger partial charge in [-0.05, 0) is 66.9 Å². The molecular formula is C27H19F3N+. The molecule has 31 heavy (non-hydrogen) atoms. The number of halogens is 3. The third-order valence-electron chi connectivity index (χ3n) is 5.75. The van der Waals surface area contributed by atoms with E-state index >= 15 is 0 Å². The van der Waals surface area contributed by atoms with Crippen molar-refractivity contribution in [3.8, 4) is 16.8 Å². The Bertz CT molecular complexity index is 1390. The minimum atomic E-state index is -0.374. The van der Waals surface area contributed by atoms with Crippen molar-refractivity contribution in [3.05, 3.63) is 107 Å². The third kappa shape index (κ3) is 3.15. The van der Waals surface area contributed by atoms with Gasteiger partial charge in [-0.15, -0.1) is 0 Å². The first-order chi connectivity index (χ1) is 14.9. The molecule has 0 spiro atoms. The summed E-state index contributed by atoms with van der Waals surface area (Å²) in [6, 6.07) is 21.3. The molecule has 0 unspecified atom stereocenters. The Morgan fingerprint density at radius 1 is 0.548 bits per heavy atom. The van der Waals surface area contributed by atoms with Gasteiger partial charge in [0, 0.05) is 29.8 Å². The van der Waals surface area contributed by atoms with Gasteiger partial charge in [-0.25, -0.2) is 13.2 Å². The maximum Gasteiger partial charge on any atom is 0.219 e. The molecular weight excluding hydrogens is 395 g/mol. The molecule has 0 aliphatic heterocycles. The minimum absolute atomic E-state index is 0.345. The maximum atomic E-state index is 14.5. The van der Waals surface area contributed by atoms with Gasteiger partial charge in [-0.3, -0.25) is 0 Å². The number of aromatic nitrogens is 1. The molecule has 0 N–H and O–H groups in total. The lowest BCUT2D eigenvalue weighted by Gasteiger charge is -2.16. The average Bonchev–Trinajstić information content (AvgIpc) is 2.74. The first-order valence-corrected chi connectivity index (χ1v) is 10.0. The van der Waals surface area contributed by atoms with Crippen molar-refractivity contribution in [1.29, 1.82) is 0 Å². The quantitative estimate of drug-likeness (QED) is 0.217. The maximum absolute atomic E-state index is 14.5. The fraction of sp³-hybridized carbons (Fsp3) is 0.0741. The molecule has 0 saturated carbocycles. The second-order valence-corrected chi connectivity index (χ2v) is 7.78. The smallest absolute Gasteiger partial charge is 0.207 e. The number of nitrogens with zero attached hydrogens (tertiary/aromatic N) is 1. The van der Waals surface area contributed by atoms with Crippen molar-refractivity contribution in [2.24, 2.45) is 0 Å². The minimum Gasteiger partial charge on any atom is -0.207 e. The van der Waals surface area contributed by atoms with E-state index < -0.39 is 0 Å². The Hall–Kier alpha value is -3.66. The summed E-state index contributed by atoms with van der Waals surface area (Å²) in [6.45, 7) is 4.00. The van der Waals surface area contributed by atoms with Gasteiger partial charge in [0.25, 0.3) is 0 Å². The van der Waals surface area contributed by atoms with E-state index in [9.17, 15) is 13.2 Å². The van der Waals surface area contributed by atoms with Gasteiger partial charge < -0.3 is 0 Å². The number of rotatable bonds is 2. The molecule has 4 aromatic carbocycles. The van der Waals surface area contributed by atoms with Gasteiger partial charge in [0.05, 0.1) is 10.8 Å². The highest BCUT2D eigenvalue weighted by atomic mass is 19.1. The van der Waals surface area contributed by atoms with Crippen molar-refractivity contribution >= 4 is 21.8 Å². The van der Waals surface area contributed by atoms with Crippen LogP contribution in [0.4, 0.5) is 13.2 Å². The first kappa shape index (κ1) is 19.3. The van der Waals surface area contributed by atoms with Gasteiger partial charge in [0.15, 0.2) is 0 Å². The van der Waals surface area contributed by atoms with Gasteiger partial charge in [-0.1, -0.05) is 18.2 Å². The molecule has 0 fully saturated rings. The van der Waals surface area contributed by atoms with Crippen LogP contribution in [0.3, 0.4) is 0 Å². The predicted octanol–water partition coefficient (Wildman–Crippen LogP) is 6.97. The number of hydrogen-bond donors (Lipinski definition) is 0. The largest absolute Gasteiger partial charge is 0.219 e. The number of pyridine rings is 1. The van der Waals surface area contributed by atoms with Crippen LogP contribution in [0.2, 0.25) is 0 Å². The monoisotopic (exact) mass is 414 g/mol. The van der Waals surface area contributed by atoms with Crippen LogP contribution in [-0.4, -0.2) is 0 Å². The second kappa shape index (κ2) is 7.24. The van der Waals surface area contributed by atoms with Crippen molar-refractivity contribution in [1.82, 2.24) is 0 Å². The molecule has 0 aliphatic carbocycles. The molecule has 1 heterocycles. The van der Waals surface area contributed by atoms with E-state index in [1.165, 1.54) is 36.4 Å². The van der Waals surface area contributed by atoms with Crippen LogP contribution in [0, 0.1) is 31.3 Å². The molecule has 0 atom stereocenters. The molecule has 0 amide bonds. The Balaban J connectivity index is 2.05. The number of benzene rings is 4. The van der Waals surface area contributed by atoms with Crippen LogP contribution in [0.15, 0.2) is 78.9 Å². The van der Waals surface area contributed by atoms with E-state index in [1.54, 1.807) is 24.3 Å². The summed E-state index contributed by atoms with van der Waals surface area (Å²) in [5.74, 6) is -1.09. The molecule has 0 aliphatic rings. The summed E-state index contributed by atoms with van der Waals surface area (Å²) in [7, 11) is 0. The third-order valence-corrected chi connectivity index (χ3v) is 5.75. The van der Waals surface area contributed by atoms with Gasteiger partial charge in [-0.2, -0.15) is 4.57 Å². The number of aryl methyl sites for hydroxylation is 2. The lowest BCUT2D eigenvalue weighted by molar-refractivity contribution is -0.538. The average molecular weight is 414 g/mol. The Morgan fingerprint density at radius 3 is 1.55 bits per heavy atom. The molecule has 1 aromatic heterocycles. The topological polar surface area (TPSA) is 3.88 Å². The highest BCUT2D eigenvalue weighted by Gasteiger charge is 2.25. The summed E-state index contributed by atoms with van der Waals surface area (Å²) in [4.78, 5) is 0. The SMILES string of the molecule is Cc1cccc(C)c1-c1c2cc(F)ccc2[n+](-c2ccc(F)cc2)c2ccc(F)cc12. The normalized spacial score (nSPS) is 11.4. The fourth-order valence-electron chi connectivity index (χ4n) is 4.43. The zero-order valence-electron chi connectivity index (χ0n) is 17.1. The van der Waals surface area contributed by atoms with Crippen LogP contribution < -0.4 is 4.57 Å². The van der Waals surface area contributed by atoms with Gasteiger partial charge in [0.1, 0.15) is 17.5 Å². The van der Waals surface area contributed by atoms with E-state index in [2.05, 4.69) is 0 Å². The summed E-state index contributed by atoms with van der Waals surface area (Å²) in [6.07, 6.45) is 0. The van der Waals surface area contributed by atoms with Gasteiger partial charge in [0.2, 0.25) is 16.7 Å². The van der Waals surface area contributed by atoms with Crippen LogP contribution in [-0.2, 0) is 0 Å². The highest BCUT2D eigenvalue weighted by molar-refractivity contribution is 6.08. The number of fused-ring (bicyclic) bond motifs is 2. The van der Waals surface area contributed by atoms with Crippen LogP contribution in [0.25, 0.3) is 38.6 Å². The zero-order valence-corrected chi connectivity index (χ0v) is 17.1. The van der Waals surface area contributed by atoms with E-state index in [0.717, 1.165) is 33.3 Å². The lowest BCUT2D eigenvalue weighted by Crippen LogP contribution is -2.33. The van der Waals surface area contributed by atoms with E-state index in [0.29, 0.717) is 16.5 Å². The lowest BCUT2D eigenvalue weighted by atomic mass is 9.89. The molecule has 0 bridgehead atoms. The molecule has 4 heteroatoms. The van der Waals surface area contributed by atoms with E-state index in [4.69, 9.17) is 0 Å². The Morgan fingerprint density at radius 2 is 1.03 bits per heavy atom. The molecule has 0 radical (unpaired) electrons. The zero-order chi connectivity index (χ0) is 21.7. The molecule has 152 valence electrons. The van der Waals surface area contributed by atoms with Crippen molar-refractivity contribution in [3.63, 3.8) is 0 Å². The highest BCUT2D eigenvalue weighted by Crippen LogP contribution is 2.38. The van der Waals surface area contributed by atoms with Crippen LogP contribution in [0.5, 0.6) is 0 Å². The van der Waals surface area contributed by atoms with Crippen LogP contribution >= 0.6 is 0 Å². The summed E-state index contributed by atoms with van der Waals surface area (Å²) < 4.78 is 44.5. The Labute approximate surface area is 178 Å². The summed E-state index contributed by atoms with van der Waals surface area (Å²) >= 11 is 0. The van der Waals surface area contributed by atoms with E-state index in [1.807, 2.05) is 36.6 Å². The molecule has 5 aromatic rings. The molecule has 1 nitrogen and oxygen atoms in total. The first-order valence-electron chi connectivity index (χ1n) is 10.0. The number of hydrogen-bond acceptors (Lipinski definition) is 0. The van der Waals surface area contributed by atoms with Gasteiger partial charge >= 0.3 is 0 Å². The summed E-state index contributed by atoms with van der Waals surface area (Å²) in [5, 5.41) is 1.33. The van der Waals surface area contributed by atoms with E-state index in [-0.39, 0.29) is 17.5 Å². The second-order valence-electron chi connectivity index (χ2n) is 7.78. The Kier molecular flexibility index (Phi) is 4.51. The van der Waals surface area contributed by atoms with Crippen molar-refractivity contribution in [2.75, 3.05) is 0 Å². The standard InChI is InChI=1S/C27H19F3N/c1-16-4-3-5-17(2)26(16)27-22-14-19(29)8-12-24(22)31(21-10-6-18(28)7-11-21)25-13-9-20(30)15-23(25)27/h3-15H,1-2H3/q+1. The molecule has 0 saturated heterocycles. The summed E-state index contributed by atoms with van der Waals surface area (Å²) in [5.41, 5.74) is 6.02. The predicted molar refractivity (Wildman–Crippen MR) is 118 cm³/mol.